The summed E-state index contributed by atoms with van der Waals surface area (Å²) in [5.74, 6) is -0.369. The van der Waals surface area contributed by atoms with E-state index in [4.69, 9.17) is 4.74 Å². The third kappa shape index (κ3) is 1.21. The van der Waals surface area contributed by atoms with Gasteiger partial charge >= 0.3 is 0 Å². The minimum absolute atomic E-state index is 0.00610. The van der Waals surface area contributed by atoms with Crippen LogP contribution in [0.2, 0.25) is 0 Å². The summed E-state index contributed by atoms with van der Waals surface area (Å²) >= 11 is 0. The predicted octanol–water partition coefficient (Wildman–Crippen LogP) is 2.76. The van der Waals surface area contributed by atoms with Gasteiger partial charge in [0.05, 0.1) is 11.0 Å². The minimum Gasteiger partial charge on any atom is -0.354 e. The Morgan fingerprint density at radius 1 is 1.17 bits per heavy atom. The molecule has 6 rings (SSSR count). The van der Waals surface area contributed by atoms with Gasteiger partial charge in [0.25, 0.3) is 0 Å². The third-order valence-corrected chi connectivity index (χ3v) is 6.96. The smallest absolute Gasteiger partial charge is 0.201 e. The van der Waals surface area contributed by atoms with Gasteiger partial charge in [-0.3, -0.25) is 9.59 Å². The molecule has 0 amide bonds. The van der Waals surface area contributed by atoms with Crippen LogP contribution in [0, 0.1) is 17.3 Å². The second-order valence-corrected chi connectivity index (χ2v) is 7.95. The van der Waals surface area contributed by atoms with Crippen LogP contribution in [0.1, 0.15) is 47.4 Å². The lowest BCUT2D eigenvalue weighted by atomic mass is 9.49. The molecule has 2 fully saturated rings. The van der Waals surface area contributed by atoms with Gasteiger partial charge in [0.15, 0.2) is 11.4 Å². The predicted molar refractivity (Wildman–Crippen MR) is 85.8 cm³/mol. The fourth-order valence-corrected chi connectivity index (χ4v) is 5.69. The third-order valence-electron chi connectivity index (χ3n) is 6.96. The zero-order valence-corrected chi connectivity index (χ0v) is 13.7. The zero-order valence-electron chi connectivity index (χ0n) is 13.7. The average Bonchev–Trinajstić information content (AvgIpc) is 2.90. The van der Waals surface area contributed by atoms with Crippen LogP contribution in [0.15, 0.2) is 35.9 Å². The van der Waals surface area contributed by atoms with E-state index in [-0.39, 0.29) is 23.4 Å². The van der Waals surface area contributed by atoms with Crippen LogP contribution in [-0.4, -0.2) is 29.1 Å². The number of carbonyl (C=O) groups is 3. The van der Waals surface area contributed by atoms with Crippen molar-refractivity contribution in [3.8, 4) is 0 Å². The quantitative estimate of drug-likeness (QED) is 0.746. The molecule has 1 unspecified atom stereocenters. The average molecular weight is 322 g/mol. The Kier molecular flexibility index (Phi) is 2.35. The van der Waals surface area contributed by atoms with Crippen molar-refractivity contribution in [3.05, 3.63) is 47.0 Å². The van der Waals surface area contributed by atoms with E-state index < -0.39 is 16.6 Å². The molecule has 2 aliphatic heterocycles. The summed E-state index contributed by atoms with van der Waals surface area (Å²) < 4.78 is 6.43. The van der Waals surface area contributed by atoms with Gasteiger partial charge in [-0.05, 0) is 32.6 Å². The summed E-state index contributed by atoms with van der Waals surface area (Å²) in [5, 5.41) is 0. The Morgan fingerprint density at radius 2 is 1.88 bits per heavy atom. The Morgan fingerprint density at radius 3 is 2.58 bits per heavy atom. The first-order valence-electron chi connectivity index (χ1n) is 8.46. The standard InChI is InChI=1S/C20H18O4/c1-18(10-21)13-7-8-19(2)14(13)9-15-16(22)11-5-3-4-6-12(11)17(23)20(15,18)24-19/h3-6,9-10,13-14H,7-8H2,1-2H3/t13-,14-,18-,19?,20-/m0/s1. The Hall–Kier alpha value is -2.07. The zero-order chi connectivity index (χ0) is 16.9. The van der Waals surface area contributed by atoms with Crippen molar-refractivity contribution in [1.29, 1.82) is 0 Å². The molecule has 1 aromatic rings. The van der Waals surface area contributed by atoms with E-state index in [1.165, 1.54) is 0 Å². The number of aldehydes is 1. The summed E-state index contributed by atoms with van der Waals surface area (Å²) in [7, 11) is 0. The molecule has 1 spiro atoms. The molecule has 24 heavy (non-hydrogen) atoms. The van der Waals surface area contributed by atoms with Gasteiger partial charge in [-0.15, -0.1) is 0 Å². The first-order valence-corrected chi connectivity index (χ1v) is 8.46. The number of Topliss-reactive ketones (excluding diaryl/α,β-unsaturated/α-hetero) is 2. The highest BCUT2D eigenvalue weighted by Gasteiger charge is 2.76. The van der Waals surface area contributed by atoms with E-state index in [1.54, 1.807) is 31.2 Å². The summed E-state index contributed by atoms with van der Waals surface area (Å²) in [4.78, 5) is 38.8. The normalized spacial score (nSPS) is 44.8. The van der Waals surface area contributed by atoms with Crippen molar-refractivity contribution >= 4 is 17.9 Å². The van der Waals surface area contributed by atoms with Crippen LogP contribution in [0.3, 0.4) is 0 Å². The molecular weight excluding hydrogens is 304 g/mol. The lowest BCUT2D eigenvalue weighted by Gasteiger charge is -2.61. The molecule has 5 aliphatic rings. The summed E-state index contributed by atoms with van der Waals surface area (Å²) in [6, 6.07) is 6.85. The molecule has 1 saturated carbocycles. The van der Waals surface area contributed by atoms with Gasteiger partial charge in [-0.2, -0.15) is 0 Å². The molecule has 1 saturated heterocycles. The largest absolute Gasteiger partial charge is 0.354 e. The molecule has 5 atom stereocenters. The van der Waals surface area contributed by atoms with Crippen LogP contribution < -0.4 is 0 Å². The van der Waals surface area contributed by atoms with Crippen LogP contribution in [0.4, 0.5) is 0 Å². The van der Waals surface area contributed by atoms with E-state index in [2.05, 4.69) is 0 Å². The summed E-state index contributed by atoms with van der Waals surface area (Å²) in [6.07, 6.45) is 4.45. The van der Waals surface area contributed by atoms with E-state index in [9.17, 15) is 14.4 Å². The molecule has 1 aromatic carbocycles. The van der Waals surface area contributed by atoms with Gasteiger partial charge in [-0.25, -0.2) is 0 Å². The van der Waals surface area contributed by atoms with Crippen molar-refractivity contribution in [3.63, 3.8) is 0 Å². The van der Waals surface area contributed by atoms with Crippen molar-refractivity contribution in [2.45, 2.75) is 37.9 Å². The van der Waals surface area contributed by atoms with Crippen LogP contribution in [-0.2, 0) is 9.53 Å². The fraction of sp³-hybridized carbons (Fsp3) is 0.450. The van der Waals surface area contributed by atoms with E-state index in [1.807, 2.05) is 13.0 Å². The highest BCUT2D eigenvalue weighted by Crippen LogP contribution is 2.68. The molecular formula is C20H18O4. The van der Waals surface area contributed by atoms with Crippen LogP contribution in [0.5, 0.6) is 0 Å². The van der Waals surface area contributed by atoms with Gasteiger partial charge in [0.1, 0.15) is 6.29 Å². The van der Waals surface area contributed by atoms with E-state index >= 15 is 0 Å². The summed E-state index contributed by atoms with van der Waals surface area (Å²) in [6.45, 7) is 3.81. The van der Waals surface area contributed by atoms with Crippen molar-refractivity contribution in [2.75, 3.05) is 0 Å². The number of hydrogen-bond donors (Lipinski definition) is 0. The van der Waals surface area contributed by atoms with Crippen molar-refractivity contribution in [2.24, 2.45) is 17.3 Å². The first-order chi connectivity index (χ1) is 11.4. The van der Waals surface area contributed by atoms with Gasteiger partial charge in [0.2, 0.25) is 5.78 Å². The number of rotatable bonds is 1. The monoisotopic (exact) mass is 322 g/mol. The highest BCUT2D eigenvalue weighted by molar-refractivity contribution is 6.28. The number of fused-ring (bicyclic) bond motifs is 1. The second-order valence-electron chi connectivity index (χ2n) is 7.95. The Balaban J connectivity index is 1.89. The summed E-state index contributed by atoms with van der Waals surface area (Å²) in [5.41, 5.74) is -1.78. The first kappa shape index (κ1) is 14.3. The second kappa shape index (κ2) is 3.94. The molecule has 4 bridgehead atoms. The molecule has 4 heteroatoms. The molecule has 3 aliphatic carbocycles. The van der Waals surface area contributed by atoms with Gasteiger partial charge in [0, 0.05) is 22.6 Å². The number of ether oxygens (including phenoxy) is 1. The van der Waals surface area contributed by atoms with E-state index in [0.717, 1.165) is 19.1 Å². The van der Waals surface area contributed by atoms with Crippen LogP contribution >= 0.6 is 0 Å². The molecule has 0 aromatic heterocycles. The number of ketones is 2. The molecule has 2 heterocycles. The fourth-order valence-electron chi connectivity index (χ4n) is 5.69. The number of hydrogen-bond acceptors (Lipinski definition) is 4. The maximum absolute atomic E-state index is 13.5. The van der Waals surface area contributed by atoms with E-state index in [0.29, 0.717) is 16.7 Å². The number of benzene rings is 1. The van der Waals surface area contributed by atoms with Crippen LogP contribution in [0.25, 0.3) is 0 Å². The maximum atomic E-state index is 13.5. The highest BCUT2D eigenvalue weighted by atomic mass is 16.5. The lowest BCUT2D eigenvalue weighted by Crippen LogP contribution is -2.72. The molecule has 4 nitrogen and oxygen atoms in total. The SMILES string of the molecule is CC12CC[C@H]3[C@@H]1C=C1C(=O)c4ccccc4C(=O)[C@]1(O2)[C@@]3(C)C=O. The lowest BCUT2D eigenvalue weighted by molar-refractivity contribution is -0.219. The minimum atomic E-state index is -1.47. The van der Waals surface area contributed by atoms with Crippen molar-refractivity contribution in [1.82, 2.24) is 0 Å². The Labute approximate surface area is 139 Å². The van der Waals surface area contributed by atoms with Gasteiger partial charge in [-0.1, -0.05) is 30.3 Å². The van der Waals surface area contributed by atoms with Gasteiger partial charge < -0.3 is 9.53 Å². The number of carbonyl (C=O) groups excluding carboxylic acids is 3. The maximum Gasteiger partial charge on any atom is 0.201 e. The Bertz CT molecular complexity index is 868. The van der Waals surface area contributed by atoms with Crippen molar-refractivity contribution < 1.29 is 19.1 Å². The molecule has 122 valence electrons. The molecule has 0 N–H and O–H groups in total. The molecule has 0 radical (unpaired) electrons. The topological polar surface area (TPSA) is 60.4 Å².